The molecule has 1 rings (SSSR count). The molecule has 0 aliphatic carbocycles. The van der Waals surface area contributed by atoms with Gasteiger partial charge in [-0.2, -0.15) is 0 Å². The molecule has 0 saturated heterocycles. The maximum Gasteiger partial charge on any atom is 0.356 e. The fourth-order valence-corrected chi connectivity index (χ4v) is 0.809. The van der Waals surface area contributed by atoms with Crippen LogP contribution in [0.3, 0.4) is 0 Å². The molecule has 1 amide bonds. The number of carbonyl (C=O) groups is 1. The summed E-state index contributed by atoms with van der Waals surface area (Å²) in [5.41, 5.74) is 9.26. The minimum atomic E-state index is -0.774. The van der Waals surface area contributed by atoms with E-state index in [4.69, 9.17) is 11.5 Å². The summed E-state index contributed by atoms with van der Waals surface area (Å²) < 4.78 is 4.34. The van der Waals surface area contributed by atoms with Crippen LogP contribution in [0.5, 0.6) is 0 Å². The standard InChI is InChI=1S/C5H6N4O4/c6-3(10)1-2-4(9(11)12)5(7)13-8-2/h1,7H2,(H2,6,10). The Bertz CT molecular complexity index is 357. The molecule has 0 aromatic carbocycles. The first-order valence-corrected chi connectivity index (χ1v) is 3.19. The highest BCUT2D eigenvalue weighted by Gasteiger charge is 2.25. The Kier molecular flexibility index (Phi) is 2.13. The molecule has 0 saturated carbocycles. The Hall–Kier alpha value is -2.12. The first-order chi connectivity index (χ1) is 6.02. The molecule has 0 aliphatic heterocycles. The molecule has 8 heteroatoms. The molecule has 0 atom stereocenters. The SMILES string of the molecule is NC(=O)Cc1noc(N)c1[N+](=O)[O-]. The predicted molar refractivity (Wildman–Crippen MR) is 40.5 cm³/mol. The van der Waals surface area contributed by atoms with E-state index >= 15 is 0 Å². The van der Waals surface area contributed by atoms with Crippen LogP contribution in [-0.4, -0.2) is 16.0 Å². The topological polar surface area (TPSA) is 138 Å². The van der Waals surface area contributed by atoms with E-state index in [-0.39, 0.29) is 12.1 Å². The van der Waals surface area contributed by atoms with Crippen molar-refractivity contribution in [1.82, 2.24) is 5.16 Å². The summed E-state index contributed by atoms with van der Waals surface area (Å²) in [6, 6.07) is 0. The monoisotopic (exact) mass is 186 g/mol. The van der Waals surface area contributed by atoms with Gasteiger partial charge < -0.3 is 16.0 Å². The Morgan fingerprint density at radius 1 is 1.69 bits per heavy atom. The molecule has 1 aromatic rings. The van der Waals surface area contributed by atoms with Gasteiger partial charge in [-0.15, -0.1) is 0 Å². The van der Waals surface area contributed by atoms with Gasteiger partial charge in [-0.3, -0.25) is 14.9 Å². The Morgan fingerprint density at radius 3 is 2.77 bits per heavy atom. The fourth-order valence-electron chi connectivity index (χ4n) is 0.809. The summed E-state index contributed by atoms with van der Waals surface area (Å²) in [5.74, 6) is -1.17. The number of hydrogen-bond acceptors (Lipinski definition) is 6. The van der Waals surface area contributed by atoms with Gasteiger partial charge in [0.25, 0.3) is 0 Å². The lowest BCUT2D eigenvalue weighted by Gasteiger charge is -1.89. The molecule has 0 unspecified atom stereocenters. The normalized spacial score (nSPS) is 9.85. The van der Waals surface area contributed by atoms with Gasteiger partial charge in [0.05, 0.1) is 11.3 Å². The zero-order chi connectivity index (χ0) is 10.0. The van der Waals surface area contributed by atoms with Crippen LogP contribution in [0, 0.1) is 10.1 Å². The van der Waals surface area contributed by atoms with Gasteiger partial charge in [-0.1, -0.05) is 5.16 Å². The summed E-state index contributed by atoms with van der Waals surface area (Å²) in [4.78, 5) is 20.0. The molecule has 70 valence electrons. The average Bonchev–Trinajstić information content (AvgIpc) is 2.30. The highest BCUT2D eigenvalue weighted by atomic mass is 16.6. The third-order valence-corrected chi connectivity index (χ3v) is 1.29. The summed E-state index contributed by atoms with van der Waals surface area (Å²) in [7, 11) is 0. The molecule has 0 spiro atoms. The summed E-state index contributed by atoms with van der Waals surface area (Å²) in [6.45, 7) is 0. The van der Waals surface area contributed by atoms with Gasteiger partial charge in [-0.05, 0) is 0 Å². The van der Waals surface area contributed by atoms with Crippen molar-refractivity contribution in [2.45, 2.75) is 6.42 Å². The van der Waals surface area contributed by atoms with Crippen LogP contribution >= 0.6 is 0 Å². The minimum Gasteiger partial charge on any atom is -0.369 e. The third kappa shape index (κ3) is 1.72. The lowest BCUT2D eigenvalue weighted by atomic mass is 10.2. The average molecular weight is 186 g/mol. The van der Waals surface area contributed by atoms with E-state index in [0.29, 0.717) is 0 Å². The predicted octanol–water partition coefficient (Wildman–Crippen LogP) is -0.807. The van der Waals surface area contributed by atoms with Crippen LogP contribution in [0.4, 0.5) is 11.6 Å². The number of primary amides is 1. The number of nitrogen functional groups attached to an aromatic ring is 1. The van der Waals surface area contributed by atoms with E-state index in [2.05, 4.69) is 9.68 Å². The van der Waals surface area contributed by atoms with Crippen LogP contribution in [0.1, 0.15) is 5.69 Å². The van der Waals surface area contributed by atoms with E-state index in [1.165, 1.54) is 0 Å². The lowest BCUT2D eigenvalue weighted by molar-refractivity contribution is -0.384. The van der Waals surface area contributed by atoms with Crippen molar-refractivity contribution < 1.29 is 14.2 Å². The molecule has 8 nitrogen and oxygen atoms in total. The van der Waals surface area contributed by atoms with Gasteiger partial charge in [0.1, 0.15) is 0 Å². The Morgan fingerprint density at radius 2 is 2.31 bits per heavy atom. The summed E-state index contributed by atoms with van der Waals surface area (Å²) in [5, 5.41) is 13.6. The van der Waals surface area contributed by atoms with Crippen LogP contribution in [0.2, 0.25) is 0 Å². The summed E-state index contributed by atoms with van der Waals surface area (Å²) in [6.07, 6.45) is -0.364. The molecular formula is C5H6N4O4. The van der Waals surface area contributed by atoms with Crippen molar-refractivity contribution in [2.24, 2.45) is 5.73 Å². The van der Waals surface area contributed by atoms with E-state index in [9.17, 15) is 14.9 Å². The zero-order valence-electron chi connectivity index (χ0n) is 6.39. The Labute approximate surface area is 71.6 Å². The molecular weight excluding hydrogens is 180 g/mol. The number of rotatable bonds is 3. The van der Waals surface area contributed by atoms with Gasteiger partial charge in [0, 0.05) is 0 Å². The third-order valence-electron chi connectivity index (χ3n) is 1.29. The van der Waals surface area contributed by atoms with E-state index in [0.717, 1.165) is 0 Å². The van der Waals surface area contributed by atoms with Crippen molar-refractivity contribution >= 4 is 17.5 Å². The smallest absolute Gasteiger partial charge is 0.356 e. The Balaban J connectivity index is 3.07. The number of hydrogen-bond donors (Lipinski definition) is 2. The number of carbonyl (C=O) groups excluding carboxylic acids is 1. The van der Waals surface area contributed by atoms with Crippen molar-refractivity contribution in [1.29, 1.82) is 0 Å². The van der Waals surface area contributed by atoms with Gasteiger partial charge >= 0.3 is 11.6 Å². The molecule has 13 heavy (non-hydrogen) atoms. The van der Waals surface area contributed by atoms with Gasteiger partial charge in [0.2, 0.25) is 5.91 Å². The van der Waals surface area contributed by atoms with Crippen LogP contribution in [-0.2, 0) is 11.2 Å². The number of nitrogens with zero attached hydrogens (tertiary/aromatic N) is 2. The van der Waals surface area contributed by atoms with Crippen molar-refractivity contribution in [3.8, 4) is 0 Å². The second-order valence-corrected chi connectivity index (χ2v) is 2.24. The van der Waals surface area contributed by atoms with Crippen molar-refractivity contribution in [3.63, 3.8) is 0 Å². The van der Waals surface area contributed by atoms with Crippen LogP contribution < -0.4 is 11.5 Å². The quantitative estimate of drug-likeness (QED) is 0.467. The van der Waals surface area contributed by atoms with Gasteiger partial charge in [-0.25, -0.2) is 0 Å². The minimum absolute atomic E-state index is 0.157. The number of nitrogens with two attached hydrogens (primary N) is 2. The highest BCUT2D eigenvalue weighted by molar-refractivity contribution is 5.78. The summed E-state index contributed by atoms with van der Waals surface area (Å²) >= 11 is 0. The number of aromatic nitrogens is 1. The first-order valence-electron chi connectivity index (χ1n) is 3.19. The largest absolute Gasteiger partial charge is 0.369 e. The molecule has 0 bridgehead atoms. The molecule has 0 aliphatic rings. The second kappa shape index (κ2) is 3.09. The lowest BCUT2D eigenvalue weighted by Crippen LogP contribution is -2.14. The van der Waals surface area contributed by atoms with Crippen molar-refractivity contribution in [2.75, 3.05) is 5.73 Å². The number of nitro groups is 1. The molecule has 4 N–H and O–H groups in total. The first kappa shape index (κ1) is 8.97. The maximum atomic E-state index is 10.4. The fraction of sp³-hybridized carbons (Fsp3) is 0.200. The van der Waals surface area contributed by atoms with Crippen molar-refractivity contribution in [3.05, 3.63) is 15.8 Å². The second-order valence-electron chi connectivity index (χ2n) is 2.24. The molecule has 0 fully saturated rings. The number of anilines is 1. The number of amides is 1. The van der Waals surface area contributed by atoms with E-state index in [1.807, 2.05) is 0 Å². The molecule has 0 radical (unpaired) electrons. The van der Waals surface area contributed by atoms with Gasteiger partial charge in [0.15, 0.2) is 5.69 Å². The van der Waals surface area contributed by atoms with Crippen LogP contribution in [0.25, 0.3) is 0 Å². The van der Waals surface area contributed by atoms with E-state index in [1.54, 1.807) is 0 Å². The zero-order valence-corrected chi connectivity index (χ0v) is 6.39. The highest BCUT2D eigenvalue weighted by Crippen LogP contribution is 2.25. The van der Waals surface area contributed by atoms with E-state index < -0.39 is 22.4 Å². The maximum absolute atomic E-state index is 10.4. The molecule has 1 heterocycles. The van der Waals surface area contributed by atoms with Crippen LogP contribution in [0.15, 0.2) is 4.52 Å². The molecule has 1 aromatic heterocycles.